The molecule has 4 nitrogen and oxygen atoms in total. The summed E-state index contributed by atoms with van der Waals surface area (Å²) in [5.74, 6) is 1.02. The molecule has 0 aliphatic heterocycles. The zero-order valence-electron chi connectivity index (χ0n) is 23.3. The van der Waals surface area contributed by atoms with E-state index in [9.17, 15) is 5.11 Å². The third kappa shape index (κ3) is 5.80. The second kappa shape index (κ2) is 12.6. The molecule has 0 atom stereocenters. The first kappa shape index (κ1) is 28.3. The van der Waals surface area contributed by atoms with Gasteiger partial charge in [0.15, 0.2) is 0 Å². The molecule has 0 radical (unpaired) electrons. The summed E-state index contributed by atoms with van der Waals surface area (Å²) in [7, 11) is 0. The van der Waals surface area contributed by atoms with E-state index in [4.69, 9.17) is 4.98 Å². The largest absolute Gasteiger partial charge is 0.507 e. The van der Waals surface area contributed by atoms with Gasteiger partial charge in [-0.25, -0.2) is 0 Å². The zero-order valence-corrected chi connectivity index (χ0v) is 25.6. The van der Waals surface area contributed by atoms with E-state index in [-0.39, 0.29) is 26.8 Å². The number of aromatic nitrogens is 3. The monoisotopic (exact) mass is 737 g/mol. The number of nitrogens with zero attached hydrogens (tertiary/aromatic N) is 3. The summed E-state index contributed by atoms with van der Waals surface area (Å²) in [5, 5.41) is 14.0. The van der Waals surface area contributed by atoms with Crippen molar-refractivity contribution >= 4 is 10.8 Å². The molecule has 0 aliphatic rings. The van der Waals surface area contributed by atoms with Crippen LogP contribution in [0.2, 0.25) is 0 Å². The van der Waals surface area contributed by atoms with E-state index in [2.05, 4.69) is 70.2 Å². The van der Waals surface area contributed by atoms with Gasteiger partial charge in [-0.05, 0) is 52.3 Å². The molecule has 1 N–H and O–H groups in total. The molecular formula is C38H28N3OPt-. The fourth-order valence-corrected chi connectivity index (χ4v) is 5.59. The minimum atomic E-state index is 0. The van der Waals surface area contributed by atoms with Crippen LogP contribution >= 0.6 is 0 Å². The fraction of sp³-hybridized carbons (Fsp3) is 0.0526. The molecular weight excluding hydrogens is 710 g/mol. The van der Waals surface area contributed by atoms with Gasteiger partial charge in [-0.15, -0.1) is 35.9 Å². The van der Waals surface area contributed by atoms with Crippen molar-refractivity contribution in [2.75, 3.05) is 0 Å². The zero-order chi connectivity index (χ0) is 28.3. The summed E-state index contributed by atoms with van der Waals surface area (Å²) in [6.45, 7) is 0. The van der Waals surface area contributed by atoms with E-state index in [1.54, 1.807) is 0 Å². The SMILES string of the molecule is Oc1c(Cc2ccccc2Cc2cncc3ccccc23)cccc1-c1cn(-c2ccccc2)c(-c2[c-]cccc2)n1.[Pt]. The van der Waals surface area contributed by atoms with Crippen molar-refractivity contribution in [3.05, 3.63) is 168 Å². The van der Waals surface area contributed by atoms with Gasteiger partial charge >= 0.3 is 0 Å². The van der Waals surface area contributed by atoms with Gasteiger partial charge in [-0.1, -0.05) is 78.9 Å². The maximum absolute atomic E-state index is 11.6. The number of benzene rings is 5. The van der Waals surface area contributed by atoms with Gasteiger partial charge in [0.1, 0.15) is 5.75 Å². The Kier molecular flexibility index (Phi) is 8.31. The number of hydrogen-bond donors (Lipinski definition) is 1. The quantitative estimate of drug-likeness (QED) is 0.167. The molecule has 0 bridgehead atoms. The number of pyridine rings is 1. The van der Waals surface area contributed by atoms with Gasteiger partial charge in [0.25, 0.3) is 0 Å². The molecule has 2 aromatic heterocycles. The van der Waals surface area contributed by atoms with Gasteiger partial charge < -0.3 is 9.67 Å². The Balaban J connectivity index is 0.00000329. The molecule has 0 saturated heterocycles. The normalized spacial score (nSPS) is 10.9. The molecule has 0 fully saturated rings. The van der Waals surface area contributed by atoms with E-state index >= 15 is 0 Å². The molecule has 0 saturated carbocycles. The maximum Gasteiger partial charge on any atom is 0.128 e. The summed E-state index contributed by atoms with van der Waals surface area (Å²) in [5.41, 5.74) is 7.74. The van der Waals surface area contributed by atoms with Crippen LogP contribution in [-0.2, 0) is 33.9 Å². The average molecular weight is 738 g/mol. The third-order valence-electron chi connectivity index (χ3n) is 7.72. The van der Waals surface area contributed by atoms with Crippen molar-refractivity contribution < 1.29 is 26.2 Å². The average Bonchev–Trinajstić information content (AvgIpc) is 3.49. The number of aromatic hydroxyl groups is 1. The number of para-hydroxylation sites is 2. The predicted octanol–water partition coefficient (Wildman–Crippen LogP) is 8.44. The first-order valence-corrected chi connectivity index (χ1v) is 14.1. The molecule has 212 valence electrons. The standard InChI is InChI=1S/C38H28N3O.Pt/c42-37-30(22-28-14-7-8-15-29(28)23-32-25-39-24-31-16-9-10-20-34(31)32)17-11-21-35(37)36-26-41(33-18-5-2-6-19-33)38(40-36)27-12-3-1-4-13-27;/h1-12,14-21,24-26,42H,22-23H2;/q-1;. The van der Waals surface area contributed by atoms with Crippen LogP contribution < -0.4 is 0 Å². The van der Waals surface area contributed by atoms with Crippen molar-refractivity contribution in [3.63, 3.8) is 0 Å². The predicted molar refractivity (Wildman–Crippen MR) is 169 cm³/mol. The summed E-state index contributed by atoms with van der Waals surface area (Å²) in [4.78, 5) is 9.49. The Hall–Kier alpha value is -4.79. The maximum atomic E-state index is 11.6. The van der Waals surface area contributed by atoms with E-state index in [0.717, 1.165) is 34.4 Å². The van der Waals surface area contributed by atoms with E-state index < -0.39 is 0 Å². The molecule has 43 heavy (non-hydrogen) atoms. The number of hydrogen-bond acceptors (Lipinski definition) is 3. The van der Waals surface area contributed by atoms with Crippen LogP contribution in [0.3, 0.4) is 0 Å². The Morgan fingerprint density at radius 3 is 2.14 bits per heavy atom. The van der Waals surface area contributed by atoms with Crippen LogP contribution in [0.5, 0.6) is 5.75 Å². The number of imidazole rings is 1. The summed E-state index contributed by atoms with van der Waals surface area (Å²) in [6, 6.07) is 44.0. The van der Waals surface area contributed by atoms with Gasteiger partial charge in [0.05, 0.1) is 11.5 Å². The van der Waals surface area contributed by atoms with Crippen LogP contribution in [0.4, 0.5) is 0 Å². The van der Waals surface area contributed by atoms with Crippen molar-refractivity contribution in [1.82, 2.24) is 14.5 Å². The Bertz CT molecular complexity index is 1940. The fourth-order valence-electron chi connectivity index (χ4n) is 5.59. The van der Waals surface area contributed by atoms with Crippen LogP contribution in [0.25, 0.3) is 39.1 Å². The second-order valence-electron chi connectivity index (χ2n) is 10.4. The van der Waals surface area contributed by atoms with E-state index in [1.165, 1.54) is 22.1 Å². The van der Waals surface area contributed by atoms with Crippen LogP contribution in [0, 0.1) is 6.07 Å². The Labute approximate surface area is 265 Å². The van der Waals surface area contributed by atoms with Crippen molar-refractivity contribution in [2.24, 2.45) is 0 Å². The molecule has 7 aromatic rings. The topological polar surface area (TPSA) is 50.9 Å². The van der Waals surface area contributed by atoms with Gasteiger partial charge in [0, 0.05) is 62.7 Å². The Morgan fingerprint density at radius 2 is 1.35 bits per heavy atom. The van der Waals surface area contributed by atoms with Crippen molar-refractivity contribution in [1.29, 1.82) is 0 Å². The first-order valence-electron chi connectivity index (χ1n) is 14.1. The summed E-state index contributed by atoms with van der Waals surface area (Å²) in [6.07, 6.45) is 7.23. The van der Waals surface area contributed by atoms with Crippen LogP contribution in [-0.4, -0.2) is 19.6 Å². The van der Waals surface area contributed by atoms with Crippen molar-refractivity contribution in [3.8, 4) is 34.1 Å². The molecule has 2 heterocycles. The van der Waals surface area contributed by atoms with Crippen LogP contribution in [0.15, 0.2) is 140 Å². The van der Waals surface area contributed by atoms with Crippen LogP contribution in [0.1, 0.15) is 22.3 Å². The smallest absolute Gasteiger partial charge is 0.128 e. The molecule has 0 aliphatic carbocycles. The molecule has 5 aromatic carbocycles. The molecule has 5 heteroatoms. The summed E-state index contributed by atoms with van der Waals surface area (Å²) < 4.78 is 2.06. The second-order valence-corrected chi connectivity index (χ2v) is 10.4. The van der Waals surface area contributed by atoms with Gasteiger partial charge in [0.2, 0.25) is 0 Å². The van der Waals surface area contributed by atoms with Gasteiger partial charge in [-0.3, -0.25) is 9.97 Å². The van der Waals surface area contributed by atoms with Crippen molar-refractivity contribution in [2.45, 2.75) is 12.8 Å². The number of phenols is 1. The molecule has 0 spiro atoms. The molecule has 0 amide bonds. The molecule has 7 rings (SSSR count). The van der Waals surface area contributed by atoms with Gasteiger partial charge in [-0.2, -0.15) is 0 Å². The first-order chi connectivity index (χ1) is 20.7. The minimum Gasteiger partial charge on any atom is -0.507 e. The number of rotatable bonds is 7. The molecule has 0 unspecified atom stereocenters. The number of fused-ring (bicyclic) bond motifs is 1. The van der Waals surface area contributed by atoms with E-state index in [0.29, 0.717) is 17.7 Å². The number of phenolic OH excluding ortho intramolecular Hbond substituents is 1. The summed E-state index contributed by atoms with van der Waals surface area (Å²) >= 11 is 0. The minimum absolute atomic E-state index is 0. The Morgan fingerprint density at radius 1 is 0.651 bits per heavy atom. The third-order valence-corrected chi connectivity index (χ3v) is 7.72. The van der Waals surface area contributed by atoms with E-state index in [1.807, 2.05) is 85.3 Å².